The molecule has 0 fully saturated rings. The number of carbonyl (C=O) groups excluding carboxylic acids is 1. The van der Waals surface area contributed by atoms with Crippen LogP contribution in [0.3, 0.4) is 0 Å². The van der Waals surface area contributed by atoms with Gasteiger partial charge in [-0.3, -0.25) is 9.69 Å². The van der Waals surface area contributed by atoms with Crippen molar-refractivity contribution < 1.29 is 14.1 Å². The lowest BCUT2D eigenvalue weighted by Crippen LogP contribution is -2.36. The Morgan fingerprint density at radius 1 is 1.14 bits per heavy atom. The van der Waals surface area contributed by atoms with E-state index in [1.54, 1.807) is 13.8 Å². The van der Waals surface area contributed by atoms with E-state index in [1.807, 2.05) is 36.4 Å². The van der Waals surface area contributed by atoms with Crippen molar-refractivity contribution in [3.63, 3.8) is 0 Å². The molecular formula is C23H25N3O3. The fourth-order valence-corrected chi connectivity index (χ4v) is 3.71. The number of amides is 1. The van der Waals surface area contributed by atoms with Crippen molar-refractivity contribution in [3.05, 3.63) is 82.7 Å². The van der Waals surface area contributed by atoms with E-state index >= 15 is 0 Å². The summed E-state index contributed by atoms with van der Waals surface area (Å²) in [6.07, 6.45) is -0.0573. The summed E-state index contributed by atoms with van der Waals surface area (Å²) >= 11 is 0. The topological polar surface area (TPSA) is 67.6 Å². The molecule has 29 heavy (non-hydrogen) atoms. The Hall–Kier alpha value is -3.12. The van der Waals surface area contributed by atoms with E-state index in [1.165, 1.54) is 0 Å². The largest absolute Gasteiger partial charge is 0.484 e. The lowest BCUT2D eigenvalue weighted by Gasteiger charge is -2.24. The molecule has 1 aliphatic heterocycles. The highest BCUT2D eigenvalue weighted by molar-refractivity contribution is 5.96. The number of nitrogens with one attached hydrogen (secondary N) is 1. The Balaban J connectivity index is 1.45. The van der Waals surface area contributed by atoms with Crippen LogP contribution in [0.4, 0.5) is 0 Å². The molecule has 2 heterocycles. The van der Waals surface area contributed by atoms with Crippen LogP contribution >= 0.6 is 0 Å². The Labute approximate surface area is 170 Å². The van der Waals surface area contributed by atoms with Crippen LogP contribution in [0.5, 0.6) is 5.75 Å². The van der Waals surface area contributed by atoms with Gasteiger partial charge in [-0.1, -0.05) is 53.7 Å². The second-order valence-electron chi connectivity index (χ2n) is 7.32. The normalized spacial score (nSPS) is 16.6. The Morgan fingerprint density at radius 2 is 1.90 bits per heavy atom. The van der Waals surface area contributed by atoms with Gasteiger partial charge in [0.1, 0.15) is 23.2 Å². The molecule has 1 aromatic heterocycles. The minimum atomic E-state index is -0.146. The maximum atomic E-state index is 12.5. The maximum Gasteiger partial charge on any atom is 0.256 e. The number of aryl methyl sites for hydroxylation is 2. The van der Waals surface area contributed by atoms with Gasteiger partial charge < -0.3 is 14.6 Å². The minimum Gasteiger partial charge on any atom is -0.484 e. The second-order valence-corrected chi connectivity index (χ2v) is 7.32. The van der Waals surface area contributed by atoms with Gasteiger partial charge in [0.25, 0.3) is 5.91 Å². The predicted molar refractivity (Wildman–Crippen MR) is 110 cm³/mol. The third-order valence-corrected chi connectivity index (χ3v) is 5.21. The fourth-order valence-electron chi connectivity index (χ4n) is 3.71. The van der Waals surface area contributed by atoms with Crippen LogP contribution in [0, 0.1) is 13.8 Å². The third-order valence-electron chi connectivity index (χ3n) is 5.21. The molecule has 0 saturated carbocycles. The molecule has 6 nitrogen and oxygen atoms in total. The predicted octanol–water partition coefficient (Wildman–Crippen LogP) is 3.66. The van der Waals surface area contributed by atoms with E-state index in [0.717, 1.165) is 36.5 Å². The molecule has 0 bridgehead atoms. The highest BCUT2D eigenvalue weighted by atomic mass is 16.5. The number of para-hydroxylation sites is 1. The van der Waals surface area contributed by atoms with Crippen LogP contribution in [0.2, 0.25) is 0 Å². The quantitative estimate of drug-likeness (QED) is 0.719. The van der Waals surface area contributed by atoms with E-state index in [4.69, 9.17) is 9.26 Å². The van der Waals surface area contributed by atoms with Crippen LogP contribution in [0.25, 0.3) is 0 Å². The molecule has 0 saturated heterocycles. The summed E-state index contributed by atoms with van der Waals surface area (Å²) < 4.78 is 11.4. The average molecular weight is 391 g/mol. The highest BCUT2D eigenvalue weighted by Gasteiger charge is 2.24. The number of fused-ring (bicyclic) bond motifs is 1. The SMILES string of the molecule is Cc1noc(C)c1C(=O)NCCN1Cc2ccccc2O[C@H](c2ccccc2)C1. The van der Waals surface area contributed by atoms with Crippen LogP contribution in [0.1, 0.15) is 39.0 Å². The van der Waals surface area contributed by atoms with Gasteiger partial charge in [-0.05, 0) is 25.5 Å². The maximum absolute atomic E-state index is 12.5. The first kappa shape index (κ1) is 19.2. The molecule has 0 radical (unpaired) electrons. The average Bonchev–Trinajstić information content (AvgIpc) is 2.96. The van der Waals surface area contributed by atoms with Crippen molar-refractivity contribution in [2.75, 3.05) is 19.6 Å². The van der Waals surface area contributed by atoms with E-state index in [2.05, 4.69) is 33.6 Å². The van der Waals surface area contributed by atoms with Crippen molar-refractivity contribution in [3.8, 4) is 5.75 Å². The lowest BCUT2D eigenvalue weighted by atomic mass is 10.1. The minimum absolute atomic E-state index is 0.0573. The monoisotopic (exact) mass is 391 g/mol. The summed E-state index contributed by atoms with van der Waals surface area (Å²) in [4.78, 5) is 14.8. The first-order valence-electron chi connectivity index (χ1n) is 9.85. The van der Waals surface area contributed by atoms with Crippen LogP contribution in [-0.2, 0) is 6.54 Å². The molecule has 6 heteroatoms. The summed E-state index contributed by atoms with van der Waals surface area (Å²) in [5, 5.41) is 6.84. The van der Waals surface area contributed by atoms with Gasteiger partial charge in [0.2, 0.25) is 0 Å². The Bertz CT molecular complexity index is 965. The van der Waals surface area contributed by atoms with Gasteiger partial charge in [0.05, 0.1) is 5.69 Å². The van der Waals surface area contributed by atoms with Gasteiger partial charge in [-0.15, -0.1) is 0 Å². The number of ether oxygens (including phenoxy) is 1. The summed E-state index contributed by atoms with van der Waals surface area (Å²) in [7, 11) is 0. The molecule has 2 aromatic carbocycles. The smallest absolute Gasteiger partial charge is 0.256 e. The molecular weight excluding hydrogens is 366 g/mol. The van der Waals surface area contributed by atoms with Crippen LogP contribution < -0.4 is 10.1 Å². The van der Waals surface area contributed by atoms with Crippen molar-refractivity contribution in [1.29, 1.82) is 0 Å². The molecule has 0 spiro atoms. The molecule has 0 unspecified atom stereocenters. The van der Waals surface area contributed by atoms with E-state index in [9.17, 15) is 4.79 Å². The Morgan fingerprint density at radius 3 is 2.66 bits per heavy atom. The van der Waals surface area contributed by atoms with Gasteiger partial charge in [0.15, 0.2) is 0 Å². The van der Waals surface area contributed by atoms with Crippen molar-refractivity contribution >= 4 is 5.91 Å². The number of aromatic nitrogens is 1. The molecule has 1 aliphatic rings. The summed E-state index contributed by atoms with van der Waals surface area (Å²) in [6.45, 7) is 6.31. The number of rotatable bonds is 5. The van der Waals surface area contributed by atoms with Gasteiger partial charge >= 0.3 is 0 Å². The lowest BCUT2D eigenvalue weighted by molar-refractivity contribution is 0.0941. The zero-order chi connectivity index (χ0) is 20.2. The van der Waals surface area contributed by atoms with E-state index in [0.29, 0.717) is 23.6 Å². The number of benzene rings is 2. The zero-order valence-corrected chi connectivity index (χ0v) is 16.7. The van der Waals surface area contributed by atoms with Gasteiger partial charge in [-0.2, -0.15) is 0 Å². The van der Waals surface area contributed by atoms with E-state index in [-0.39, 0.29) is 12.0 Å². The van der Waals surface area contributed by atoms with E-state index < -0.39 is 0 Å². The van der Waals surface area contributed by atoms with Gasteiger partial charge in [0, 0.05) is 31.7 Å². The van der Waals surface area contributed by atoms with Crippen LogP contribution in [-0.4, -0.2) is 35.6 Å². The highest BCUT2D eigenvalue weighted by Crippen LogP contribution is 2.30. The molecule has 1 N–H and O–H groups in total. The summed E-state index contributed by atoms with van der Waals surface area (Å²) in [5.41, 5.74) is 3.44. The number of hydrogen-bond donors (Lipinski definition) is 1. The van der Waals surface area contributed by atoms with Crippen molar-refractivity contribution in [2.45, 2.75) is 26.5 Å². The van der Waals surface area contributed by atoms with Gasteiger partial charge in [-0.25, -0.2) is 0 Å². The fraction of sp³-hybridized carbons (Fsp3) is 0.304. The number of hydrogen-bond acceptors (Lipinski definition) is 5. The zero-order valence-electron chi connectivity index (χ0n) is 16.7. The summed E-state index contributed by atoms with van der Waals surface area (Å²) in [5.74, 6) is 1.32. The van der Waals surface area contributed by atoms with Crippen LogP contribution in [0.15, 0.2) is 59.1 Å². The molecule has 4 rings (SSSR count). The summed E-state index contributed by atoms with van der Waals surface area (Å²) in [6, 6.07) is 18.4. The first-order valence-corrected chi connectivity index (χ1v) is 9.85. The molecule has 1 atom stereocenters. The number of nitrogens with zero attached hydrogens (tertiary/aromatic N) is 2. The van der Waals surface area contributed by atoms with Crippen molar-refractivity contribution in [1.82, 2.24) is 15.4 Å². The Kier molecular flexibility index (Phi) is 5.62. The van der Waals surface area contributed by atoms with Crippen molar-refractivity contribution in [2.24, 2.45) is 0 Å². The molecule has 1 amide bonds. The standard InChI is InChI=1S/C23H25N3O3/c1-16-22(17(2)29-25-16)23(27)24-12-13-26-14-19-10-6-7-11-20(19)28-21(15-26)18-8-4-3-5-9-18/h3-11,21H,12-15H2,1-2H3,(H,24,27)/t21-/m0/s1. The molecule has 150 valence electrons. The first-order chi connectivity index (χ1) is 14.1. The third kappa shape index (κ3) is 4.32. The second kappa shape index (κ2) is 8.49. The molecule has 3 aromatic rings. The number of carbonyl (C=O) groups is 1. The molecule has 0 aliphatic carbocycles.